The molecule has 2 N–H and O–H groups in total. The van der Waals surface area contributed by atoms with Crippen molar-refractivity contribution in [1.29, 1.82) is 0 Å². The fourth-order valence-electron chi connectivity index (χ4n) is 4.32. The summed E-state index contributed by atoms with van der Waals surface area (Å²) in [6.45, 7) is 0. The number of amides is 1. The Hall–Kier alpha value is -2.10. The number of hydrogen-bond donors (Lipinski definition) is 2. The highest BCUT2D eigenvalue weighted by Gasteiger charge is 2.62. The molecule has 6 atom stereocenters. The molecule has 2 bridgehead atoms. The molecule has 0 saturated heterocycles. The summed E-state index contributed by atoms with van der Waals surface area (Å²) in [7, 11) is 0. The van der Waals surface area contributed by atoms with E-state index in [9.17, 15) is 14.7 Å². The molecule has 21 heavy (non-hydrogen) atoms. The third kappa shape index (κ3) is 1.89. The quantitative estimate of drug-likeness (QED) is 0.837. The maximum Gasteiger partial charge on any atom is 0.307 e. The molecule has 0 heterocycles. The van der Waals surface area contributed by atoms with Crippen molar-refractivity contribution in [3.63, 3.8) is 0 Å². The Bertz CT molecular complexity index is 624. The fourth-order valence-corrected chi connectivity index (χ4v) is 4.32. The predicted octanol–water partition coefficient (Wildman–Crippen LogP) is 2.39. The molecular formula is C17H17NO3. The van der Waals surface area contributed by atoms with Crippen LogP contribution >= 0.6 is 0 Å². The minimum atomic E-state index is -0.840. The second kappa shape index (κ2) is 4.45. The van der Waals surface area contributed by atoms with Gasteiger partial charge in [-0.05, 0) is 42.2 Å². The van der Waals surface area contributed by atoms with Crippen molar-refractivity contribution in [3.05, 3.63) is 42.5 Å². The zero-order chi connectivity index (χ0) is 14.6. The van der Waals surface area contributed by atoms with E-state index < -0.39 is 17.8 Å². The van der Waals surface area contributed by atoms with Crippen LogP contribution in [0, 0.1) is 35.5 Å². The van der Waals surface area contributed by atoms with Gasteiger partial charge < -0.3 is 10.4 Å². The number of para-hydroxylation sites is 1. The lowest BCUT2D eigenvalue weighted by Gasteiger charge is -2.41. The molecule has 0 spiro atoms. The van der Waals surface area contributed by atoms with E-state index in [1.807, 2.05) is 36.4 Å². The van der Waals surface area contributed by atoms with Crippen LogP contribution in [0.2, 0.25) is 0 Å². The number of carbonyl (C=O) groups is 2. The van der Waals surface area contributed by atoms with E-state index in [0.717, 1.165) is 12.1 Å². The Kier molecular flexibility index (Phi) is 2.67. The Morgan fingerprint density at radius 3 is 2.24 bits per heavy atom. The zero-order valence-electron chi connectivity index (χ0n) is 11.5. The molecule has 0 radical (unpaired) electrons. The molecule has 2 fully saturated rings. The van der Waals surface area contributed by atoms with E-state index in [4.69, 9.17) is 0 Å². The molecule has 5 rings (SSSR count). The summed E-state index contributed by atoms with van der Waals surface area (Å²) in [4.78, 5) is 24.3. The van der Waals surface area contributed by atoms with E-state index in [-0.39, 0.29) is 17.7 Å². The average molecular weight is 283 g/mol. The topological polar surface area (TPSA) is 66.4 Å². The second-order valence-corrected chi connectivity index (χ2v) is 6.35. The van der Waals surface area contributed by atoms with Crippen molar-refractivity contribution in [2.24, 2.45) is 35.5 Å². The van der Waals surface area contributed by atoms with Crippen LogP contribution in [0.4, 0.5) is 5.69 Å². The Labute approximate surface area is 122 Å². The van der Waals surface area contributed by atoms with Crippen LogP contribution in [-0.2, 0) is 9.59 Å². The summed E-state index contributed by atoms with van der Waals surface area (Å²) in [5.74, 6) is -0.891. The van der Waals surface area contributed by atoms with Crippen LogP contribution in [0.15, 0.2) is 42.5 Å². The molecule has 4 nitrogen and oxygen atoms in total. The number of carboxylic acid groups (broad SMARTS) is 1. The predicted molar refractivity (Wildman–Crippen MR) is 77.4 cm³/mol. The number of carbonyl (C=O) groups excluding carboxylic acids is 1. The smallest absolute Gasteiger partial charge is 0.307 e. The van der Waals surface area contributed by atoms with Gasteiger partial charge in [0, 0.05) is 5.69 Å². The highest BCUT2D eigenvalue weighted by molar-refractivity contribution is 5.96. The van der Waals surface area contributed by atoms with Gasteiger partial charge in [0.15, 0.2) is 0 Å². The Balaban J connectivity index is 1.62. The van der Waals surface area contributed by atoms with Gasteiger partial charge in [-0.25, -0.2) is 0 Å². The van der Waals surface area contributed by atoms with E-state index in [1.165, 1.54) is 0 Å². The molecule has 1 aromatic rings. The number of rotatable bonds is 3. The number of hydrogen-bond acceptors (Lipinski definition) is 2. The summed E-state index contributed by atoms with van der Waals surface area (Å²) in [5, 5.41) is 12.5. The summed E-state index contributed by atoms with van der Waals surface area (Å²) >= 11 is 0. The molecule has 0 aromatic heterocycles. The van der Waals surface area contributed by atoms with Crippen molar-refractivity contribution in [2.45, 2.75) is 6.42 Å². The minimum Gasteiger partial charge on any atom is -0.481 e. The highest BCUT2D eigenvalue weighted by atomic mass is 16.4. The molecule has 4 heteroatoms. The van der Waals surface area contributed by atoms with E-state index in [0.29, 0.717) is 11.8 Å². The first kappa shape index (κ1) is 12.6. The van der Waals surface area contributed by atoms with Gasteiger partial charge in [-0.1, -0.05) is 30.4 Å². The highest BCUT2D eigenvalue weighted by Crippen LogP contribution is 2.63. The number of benzene rings is 1. The van der Waals surface area contributed by atoms with Gasteiger partial charge in [0.1, 0.15) is 0 Å². The van der Waals surface area contributed by atoms with Gasteiger partial charge in [-0.15, -0.1) is 0 Å². The van der Waals surface area contributed by atoms with Crippen LogP contribution < -0.4 is 5.32 Å². The van der Waals surface area contributed by atoms with Crippen molar-refractivity contribution < 1.29 is 14.7 Å². The number of anilines is 1. The van der Waals surface area contributed by atoms with E-state index >= 15 is 0 Å². The van der Waals surface area contributed by atoms with Gasteiger partial charge in [0.25, 0.3) is 0 Å². The van der Waals surface area contributed by atoms with Crippen LogP contribution in [0.5, 0.6) is 0 Å². The monoisotopic (exact) mass is 283 g/mol. The lowest BCUT2D eigenvalue weighted by atomic mass is 9.62. The largest absolute Gasteiger partial charge is 0.481 e. The lowest BCUT2D eigenvalue weighted by molar-refractivity contribution is -0.152. The van der Waals surface area contributed by atoms with Crippen molar-refractivity contribution in [1.82, 2.24) is 0 Å². The number of carboxylic acids is 1. The SMILES string of the molecule is O=C(Nc1ccccc1)[C@@H]1[C@@H]2C=C[C@H]([C@H]3C[C@H]23)[C@@H]1C(=O)O. The third-order valence-corrected chi connectivity index (χ3v) is 5.28. The van der Waals surface area contributed by atoms with Crippen molar-refractivity contribution in [2.75, 3.05) is 5.32 Å². The van der Waals surface area contributed by atoms with Gasteiger partial charge in [0.2, 0.25) is 5.91 Å². The first-order valence-corrected chi connectivity index (χ1v) is 7.44. The standard InChI is InChI=1S/C17H17NO3/c19-16(18-9-4-2-1-3-5-9)14-10-6-7-11(13-8-12(10)13)15(14)17(20)21/h1-7,10-15H,8H2,(H,18,19)(H,20,21)/t10-,11-,12-,13-,14-,15+/m1/s1. The minimum absolute atomic E-state index is 0.0315. The Morgan fingerprint density at radius 1 is 1.00 bits per heavy atom. The first-order chi connectivity index (χ1) is 10.2. The van der Waals surface area contributed by atoms with E-state index in [1.54, 1.807) is 0 Å². The van der Waals surface area contributed by atoms with E-state index in [2.05, 4.69) is 11.4 Å². The third-order valence-electron chi connectivity index (χ3n) is 5.28. The summed E-state index contributed by atoms with van der Waals surface area (Å²) < 4.78 is 0. The van der Waals surface area contributed by atoms with Crippen molar-refractivity contribution in [3.8, 4) is 0 Å². The number of nitrogens with one attached hydrogen (secondary N) is 1. The van der Waals surface area contributed by atoms with Crippen LogP contribution in [0.1, 0.15) is 6.42 Å². The van der Waals surface area contributed by atoms with Gasteiger partial charge in [0.05, 0.1) is 11.8 Å². The second-order valence-electron chi connectivity index (χ2n) is 6.35. The summed E-state index contributed by atoms with van der Waals surface area (Å²) in [6, 6.07) is 9.24. The summed E-state index contributed by atoms with van der Waals surface area (Å²) in [5.41, 5.74) is 0.726. The zero-order valence-corrected chi connectivity index (χ0v) is 11.5. The van der Waals surface area contributed by atoms with Crippen molar-refractivity contribution >= 4 is 17.6 Å². The molecule has 1 aromatic carbocycles. The van der Waals surface area contributed by atoms with Crippen LogP contribution in [0.3, 0.4) is 0 Å². The van der Waals surface area contributed by atoms with Crippen LogP contribution in [0.25, 0.3) is 0 Å². The molecule has 0 aliphatic heterocycles. The molecule has 4 aliphatic carbocycles. The molecule has 2 saturated carbocycles. The Morgan fingerprint density at radius 2 is 1.62 bits per heavy atom. The number of aliphatic carboxylic acids is 1. The van der Waals surface area contributed by atoms with Gasteiger partial charge >= 0.3 is 5.97 Å². The molecule has 0 unspecified atom stereocenters. The van der Waals surface area contributed by atoms with Gasteiger partial charge in [-0.3, -0.25) is 9.59 Å². The summed E-state index contributed by atoms with van der Waals surface area (Å²) in [6.07, 6.45) is 5.18. The lowest BCUT2D eigenvalue weighted by Crippen LogP contribution is -2.48. The first-order valence-electron chi connectivity index (χ1n) is 7.44. The number of allylic oxidation sites excluding steroid dienone is 2. The molecular weight excluding hydrogens is 266 g/mol. The maximum atomic E-state index is 12.6. The normalized spacial score (nSPS) is 38.7. The van der Waals surface area contributed by atoms with Crippen LogP contribution in [-0.4, -0.2) is 17.0 Å². The molecule has 1 amide bonds. The molecule has 108 valence electrons. The molecule has 4 aliphatic rings. The number of fused-ring (bicyclic) bond motifs is 1. The fraction of sp³-hybridized carbons (Fsp3) is 0.412. The maximum absolute atomic E-state index is 12.6. The van der Waals surface area contributed by atoms with Gasteiger partial charge in [-0.2, -0.15) is 0 Å². The average Bonchev–Trinajstić information content (AvgIpc) is 3.29.